The van der Waals surface area contributed by atoms with Crippen LogP contribution < -0.4 is 0 Å². The van der Waals surface area contributed by atoms with Crippen LogP contribution in [0.2, 0.25) is 0 Å². The molecule has 0 aliphatic carbocycles. The molecular formula is C17H19NO. The number of aromatic nitrogens is 1. The molecule has 2 heteroatoms. The lowest BCUT2D eigenvalue weighted by molar-refractivity contribution is 0.199. The van der Waals surface area contributed by atoms with E-state index in [1.165, 1.54) is 21.8 Å². The highest BCUT2D eigenvalue weighted by atomic mass is 16.3. The van der Waals surface area contributed by atoms with Gasteiger partial charge in [0.05, 0.1) is 6.10 Å². The second-order valence-electron chi connectivity index (χ2n) is 5.12. The highest BCUT2D eigenvalue weighted by Gasteiger charge is 2.11. The normalized spacial score (nSPS) is 13.2. The van der Waals surface area contributed by atoms with E-state index in [1.54, 1.807) is 0 Å². The Morgan fingerprint density at radius 1 is 1.05 bits per heavy atom. The summed E-state index contributed by atoms with van der Waals surface area (Å²) in [7, 11) is 0. The molecule has 1 N–H and O–H groups in total. The van der Waals surface area contributed by atoms with Crippen LogP contribution in [0, 0.1) is 0 Å². The van der Waals surface area contributed by atoms with Gasteiger partial charge in [-0.2, -0.15) is 0 Å². The second-order valence-corrected chi connectivity index (χ2v) is 5.12. The lowest BCUT2D eigenvalue weighted by Crippen LogP contribution is -1.96. The topological polar surface area (TPSA) is 25.2 Å². The first-order chi connectivity index (χ1) is 9.22. The molecule has 2 aromatic carbocycles. The van der Waals surface area contributed by atoms with E-state index in [9.17, 15) is 5.11 Å². The molecule has 1 atom stereocenters. The van der Waals surface area contributed by atoms with Crippen molar-refractivity contribution in [3.05, 3.63) is 48.0 Å². The van der Waals surface area contributed by atoms with E-state index in [0.717, 1.165) is 18.5 Å². The molecule has 1 aromatic heterocycles. The first kappa shape index (κ1) is 12.2. The van der Waals surface area contributed by atoms with Crippen molar-refractivity contribution < 1.29 is 5.11 Å². The van der Waals surface area contributed by atoms with Gasteiger partial charge in [-0.3, -0.25) is 0 Å². The zero-order valence-corrected chi connectivity index (χ0v) is 11.4. The molecule has 0 saturated carbocycles. The van der Waals surface area contributed by atoms with Crippen LogP contribution in [-0.4, -0.2) is 9.67 Å². The maximum absolute atomic E-state index is 9.76. The minimum atomic E-state index is -0.419. The molecular weight excluding hydrogens is 234 g/mol. The lowest BCUT2D eigenvalue weighted by Gasteiger charge is -2.07. The van der Waals surface area contributed by atoms with Gasteiger partial charge in [-0.1, -0.05) is 31.2 Å². The van der Waals surface area contributed by atoms with Crippen molar-refractivity contribution in [3.8, 4) is 0 Å². The van der Waals surface area contributed by atoms with Gasteiger partial charge in [0.15, 0.2) is 0 Å². The van der Waals surface area contributed by atoms with Gasteiger partial charge in [0.25, 0.3) is 0 Å². The number of benzene rings is 2. The van der Waals surface area contributed by atoms with E-state index in [1.807, 2.05) is 13.0 Å². The summed E-state index contributed by atoms with van der Waals surface area (Å²) in [5, 5.41) is 12.3. The summed E-state index contributed by atoms with van der Waals surface area (Å²) >= 11 is 0. The standard InChI is InChI=1S/C17H19NO/c1-3-10-18-16-7-5-4-6-14(16)15-11-13(12(2)19)8-9-17(15)18/h4-9,11-12,19H,3,10H2,1-2H3/t12-/m0/s1. The average molecular weight is 253 g/mol. The first-order valence-corrected chi connectivity index (χ1v) is 6.91. The summed E-state index contributed by atoms with van der Waals surface area (Å²) in [5.41, 5.74) is 3.52. The van der Waals surface area contributed by atoms with Crippen LogP contribution in [0.25, 0.3) is 21.8 Å². The quantitative estimate of drug-likeness (QED) is 0.741. The van der Waals surface area contributed by atoms with Gasteiger partial charge in [-0.05, 0) is 37.1 Å². The maximum atomic E-state index is 9.76. The molecule has 0 aliphatic heterocycles. The highest BCUT2D eigenvalue weighted by Crippen LogP contribution is 2.31. The number of rotatable bonds is 3. The molecule has 98 valence electrons. The molecule has 0 aliphatic rings. The Kier molecular flexibility index (Phi) is 3.03. The first-order valence-electron chi connectivity index (χ1n) is 6.91. The third-order valence-corrected chi connectivity index (χ3v) is 3.73. The van der Waals surface area contributed by atoms with E-state index in [2.05, 4.69) is 47.9 Å². The Hall–Kier alpha value is -1.80. The Morgan fingerprint density at radius 3 is 2.53 bits per heavy atom. The highest BCUT2D eigenvalue weighted by molar-refractivity contribution is 6.08. The molecule has 0 bridgehead atoms. The third-order valence-electron chi connectivity index (χ3n) is 3.73. The molecule has 0 spiro atoms. The number of para-hydroxylation sites is 1. The third kappa shape index (κ3) is 1.92. The SMILES string of the molecule is CCCn1c2ccccc2c2cc([C@H](C)O)ccc21. The molecule has 3 aromatic rings. The molecule has 2 nitrogen and oxygen atoms in total. The van der Waals surface area contributed by atoms with E-state index >= 15 is 0 Å². The van der Waals surface area contributed by atoms with Crippen molar-refractivity contribution in [3.63, 3.8) is 0 Å². The van der Waals surface area contributed by atoms with Crippen LogP contribution in [0.3, 0.4) is 0 Å². The van der Waals surface area contributed by atoms with E-state index in [-0.39, 0.29) is 0 Å². The van der Waals surface area contributed by atoms with Crippen LogP contribution in [0.1, 0.15) is 31.9 Å². The lowest BCUT2D eigenvalue weighted by atomic mass is 10.1. The van der Waals surface area contributed by atoms with Crippen molar-refractivity contribution >= 4 is 21.8 Å². The summed E-state index contributed by atoms with van der Waals surface area (Å²) in [5.74, 6) is 0. The fourth-order valence-electron chi connectivity index (χ4n) is 2.80. The predicted octanol–water partition coefficient (Wildman–Crippen LogP) is 4.26. The van der Waals surface area contributed by atoms with Gasteiger partial charge in [-0.15, -0.1) is 0 Å². The van der Waals surface area contributed by atoms with Crippen molar-refractivity contribution in [2.75, 3.05) is 0 Å². The van der Waals surface area contributed by atoms with Crippen LogP contribution in [0.4, 0.5) is 0 Å². The van der Waals surface area contributed by atoms with Crippen LogP contribution in [-0.2, 0) is 6.54 Å². The number of aryl methyl sites for hydroxylation is 1. The van der Waals surface area contributed by atoms with Crippen molar-refractivity contribution in [2.24, 2.45) is 0 Å². The minimum absolute atomic E-state index is 0.419. The zero-order chi connectivity index (χ0) is 13.4. The largest absolute Gasteiger partial charge is 0.389 e. The molecule has 3 rings (SSSR count). The zero-order valence-electron chi connectivity index (χ0n) is 11.4. The number of aliphatic hydroxyl groups excluding tert-OH is 1. The molecule has 0 saturated heterocycles. The van der Waals surface area contributed by atoms with E-state index in [4.69, 9.17) is 0 Å². The van der Waals surface area contributed by atoms with Crippen molar-refractivity contribution in [2.45, 2.75) is 32.9 Å². The van der Waals surface area contributed by atoms with Crippen molar-refractivity contribution in [1.82, 2.24) is 4.57 Å². The number of aliphatic hydroxyl groups is 1. The molecule has 1 heterocycles. The van der Waals surface area contributed by atoms with E-state index < -0.39 is 6.10 Å². The smallest absolute Gasteiger partial charge is 0.0762 e. The number of fused-ring (bicyclic) bond motifs is 3. The van der Waals surface area contributed by atoms with Crippen LogP contribution >= 0.6 is 0 Å². The van der Waals surface area contributed by atoms with Gasteiger partial charge in [0.1, 0.15) is 0 Å². The molecule has 0 radical (unpaired) electrons. The molecule has 0 unspecified atom stereocenters. The maximum Gasteiger partial charge on any atom is 0.0762 e. The van der Waals surface area contributed by atoms with Gasteiger partial charge in [0.2, 0.25) is 0 Å². The van der Waals surface area contributed by atoms with E-state index in [0.29, 0.717) is 0 Å². The minimum Gasteiger partial charge on any atom is -0.389 e. The number of hydrogen-bond acceptors (Lipinski definition) is 1. The van der Waals surface area contributed by atoms with Crippen LogP contribution in [0.5, 0.6) is 0 Å². The van der Waals surface area contributed by atoms with Gasteiger partial charge in [-0.25, -0.2) is 0 Å². The predicted molar refractivity (Wildman–Crippen MR) is 80.4 cm³/mol. The average Bonchev–Trinajstić information content (AvgIpc) is 2.74. The van der Waals surface area contributed by atoms with Crippen molar-refractivity contribution in [1.29, 1.82) is 0 Å². The second kappa shape index (κ2) is 4.71. The van der Waals surface area contributed by atoms with Gasteiger partial charge in [0, 0.05) is 28.4 Å². The molecule has 0 fully saturated rings. The number of hydrogen-bond donors (Lipinski definition) is 1. The van der Waals surface area contributed by atoms with Crippen LogP contribution in [0.15, 0.2) is 42.5 Å². The molecule has 0 amide bonds. The Morgan fingerprint density at radius 2 is 1.79 bits per heavy atom. The van der Waals surface area contributed by atoms with Gasteiger partial charge >= 0.3 is 0 Å². The Bertz CT molecular complexity index is 725. The summed E-state index contributed by atoms with van der Waals surface area (Å²) < 4.78 is 2.37. The summed E-state index contributed by atoms with van der Waals surface area (Å²) in [4.78, 5) is 0. The monoisotopic (exact) mass is 253 g/mol. The summed E-state index contributed by atoms with van der Waals surface area (Å²) in [6.07, 6.45) is 0.698. The fourth-order valence-corrected chi connectivity index (χ4v) is 2.80. The number of nitrogens with zero attached hydrogens (tertiary/aromatic N) is 1. The Balaban J connectivity index is 2.38. The summed E-state index contributed by atoms with van der Waals surface area (Å²) in [6, 6.07) is 14.8. The Labute approximate surface area is 113 Å². The molecule has 19 heavy (non-hydrogen) atoms. The fraction of sp³-hybridized carbons (Fsp3) is 0.294. The summed E-state index contributed by atoms with van der Waals surface area (Å²) in [6.45, 7) is 5.04. The van der Waals surface area contributed by atoms with Gasteiger partial charge < -0.3 is 9.67 Å².